The minimum atomic E-state index is -1.00. The standard InChI is InChI=1S/C24H20N4O4/c29-22(25-13-16-5-2-1-3-6-16)19-15-28-20(7-4-8-21(28)27-19)23(30)26-14-17-9-11-18(12-10-17)24(31)32/h1-12,15H,13-14H2,(H,25,29)(H,26,30)(H,31,32). The van der Waals surface area contributed by atoms with E-state index >= 15 is 0 Å². The van der Waals surface area contributed by atoms with Crippen LogP contribution >= 0.6 is 0 Å². The van der Waals surface area contributed by atoms with Gasteiger partial charge in [0.15, 0.2) is 0 Å². The van der Waals surface area contributed by atoms with Crippen molar-refractivity contribution < 1.29 is 19.5 Å². The number of carboxylic acid groups (broad SMARTS) is 1. The lowest BCUT2D eigenvalue weighted by molar-refractivity contribution is 0.0696. The summed E-state index contributed by atoms with van der Waals surface area (Å²) in [6, 6.07) is 20.9. The van der Waals surface area contributed by atoms with E-state index in [1.54, 1.807) is 34.7 Å². The third kappa shape index (κ3) is 4.65. The Balaban J connectivity index is 1.45. The number of nitrogens with one attached hydrogen (secondary N) is 2. The zero-order valence-electron chi connectivity index (χ0n) is 17.0. The first-order valence-corrected chi connectivity index (χ1v) is 9.92. The molecule has 0 aliphatic carbocycles. The Kier molecular flexibility index (Phi) is 5.94. The van der Waals surface area contributed by atoms with E-state index in [0.717, 1.165) is 11.1 Å². The van der Waals surface area contributed by atoms with E-state index in [2.05, 4.69) is 15.6 Å². The van der Waals surface area contributed by atoms with Gasteiger partial charge in [-0.2, -0.15) is 0 Å². The average molecular weight is 428 g/mol. The Labute approximate surface area is 183 Å². The largest absolute Gasteiger partial charge is 0.478 e. The zero-order chi connectivity index (χ0) is 22.5. The number of carboxylic acids is 1. The first-order valence-electron chi connectivity index (χ1n) is 9.92. The number of hydrogen-bond acceptors (Lipinski definition) is 4. The number of fused-ring (bicyclic) bond motifs is 1. The topological polar surface area (TPSA) is 113 Å². The normalized spacial score (nSPS) is 10.6. The Bertz CT molecular complexity index is 1280. The minimum absolute atomic E-state index is 0.182. The van der Waals surface area contributed by atoms with Crippen LogP contribution in [-0.2, 0) is 13.1 Å². The molecule has 0 fully saturated rings. The van der Waals surface area contributed by atoms with Crippen LogP contribution in [-0.4, -0.2) is 32.3 Å². The zero-order valence-corrected chi connectivity index (χ0v) is 17.0. The van der Waals surface area contributed by atoms with Crippen molar-refractivity contribution in [2.24, 2.45) is 0 Å². The lowest BCUT2D eigenvalue weighted by Crippen LogP contribution is -2.25. The molecule has 4 aromatic rings. The molecule has 0 aliphatic heterocycles. The monoisotopic (exact) mass is 428 g/mol. The Morgan fingerprint density at radius 3 is 2.12 bits per heavy atom. The highest BCUT2D eigenvalue weighted by molar-refractivity contribution is 5.95. The van der Waals surface area contributed by atoms with E-state index in [1.165, 1.54) is 18.3 Å². The number of imidazole rings is 1. The van der Waals surface area contributed by atoms with Crippen molar-refractivity contribution in [3.8, 4) is 0 Å². The van der Waals surface area contributed by atoms with E-state index in [9.17, 15) is 14.4 Å². The summed E-state index contributed by atoms with van der Waals surface area (Å²) < 4.78 is 1.57. The fourth-order valence-corrected chi connectivity index (χ4v) is 3.21. The van der Waals surface area contributed by atoms with Crippen molar-refractivity contribution in [1.29, 1.82) is 0 Å². The number of aromatic carboxylic acids is 1. The van der Waals surface area contributed by atoms with Gasteiger partial charge in [0.25, 0.3) is 11.8 Å². The lowest BCUT2D eigenvalue weighted by Gasteiger charge is -2.07. The molecule has 2 heterocycles. The van der Waals surface area contributed by atoms with Crippen LogP contribution in [0.2, 0.25) is 0 Å². The minimum Gasteiger partial charge on any atom is -0.478 e. The van der Waals surface area contributed by atoms with Crippen molar-refractivity contribution in [2.45, 2.75) is 13.1 Å². The summed E-state index contributed by atoms with van der Waals surface area (Å²) in [5.41, 5.74) is 2.95. The number of hydrogen-bond donors (Lipinski definition) is 3. The van der Waals surface area contributed by atoms with Crippen molar-refractivity contribution in [3.05, 3.63) is 107 Å². The van der Waals surface area contributed by atoms with Gasteiger partial charge in [-0.25, -0.2) is 9.78 Å². The fraction of sp³-hybridized carbons (Fsp3) is 0.0833. The van der Waals surface area contributed by atoms with Gasteiger partial charge < -0.3 is 15.7 Å². The average Bonchev–Trinajstić information content (AvgIpc) is 3.26. The van der Waals surface area contributed by atoms with Crippen LogP contribution in [0.3, 0.4) is 0 Å². The van der Waals surface area contributed by atoms with Gasteiger partial charge in [-0.1, -0.05) is 48.5 Å². The molecular weight excluding hydrogens is 408 g/mol. The maximum absolute atomic E-state index is 12.7. The van der Waals surface area contributed by atoms with Crippen LogP contribution in [0.1, 0.15) is 42.5 Å². The summed E-state index contributed by atoms with van der Waals surface area (Å²) in [6.45, 7) is 0.607. The maximum atomic E-state index is 12.7. The summed E-state index contributed by atoms with van der Waals surface area (Å²) >= 11 is 0. The molecule has 0 radical (unpaired) electrons. The van der Waals surface area contributed by atoms with Crippen LogP contribution < -0.4 is 10.6 Å². The molecule has 2 amide bonds. The highest BCUT2D eigenvalue weighted by Crippen LogP contribution is 2.11. The molecule has 3 N–H and O–H groups in total. The van der Waals surface area contributed by atoms with E-state index in [-0.39, 0.29) is 29.6 Å². The van der Waals surface area contributed by atoms with Gasteiger partial charge >= 0.3 is 5.97 Å². The van der Waals surface area contributed by atoms with Gasteiger partial charge in [-0.15, -0.1) is 0 Å². The van der Waals surface area contributed by atoms with Crippen LogP contribution in [0.15, 0.2) is 79.0 Å². The summed E-state index contributed by atoms with van der Waals surface area (Å²) in [5, 5.41) is 14.6. The second-order valence-electron chi connectivity index (χ2n) is 7.12. The van der Waals surface area contributed by atoms with Crippen LogP contribution in [0.5, 0.6) is 0 Å². The summed E-state index contributed by atoms with van der Waals surface area (Å²) in [4.78, 5) is 40.5. The van der Waals surface area contributed by atoms with Gasteiger partial charge in [0.05, 0.1) is 5.56 Å². The molecule has 160 valence electrons. The molecule has 0 unspecified atom stereocenters. The van der Waals surface area contributed by atoms with E-state index < -0.39 is 5.97 Å². The van der Waals surface area contributed by atoms with Gasteiger partial charge in [-0.05, 0) is 35.4 Å². The molecule has 32 heavy (non-hydrogen) atoms. The molecule has 4 rings (SSSR count). The molecular formula is C24H20N4O4. The number of nitrogens with zero attached hydrogens (tertiary/aromatic N) is 2. The molecule has 0 bridgehead atoms. The van der Waals surface area contributed by atoms with E-state index in [4.69, 9.17) is 5.11 Å². The number of benzene rings is 2. The third-order valence-corrected chi connectivity index (χ3v) is 4.91. The lowest BCUT2D eigenvalue weighted by atomic mass is 10.1. The predicted molar refractivity (Wildman–Crippen MR) is 117 cm³/mol. The molecule has 8 heteroatoms. The third-order valence-electron chi connectivity index (χ3n) is 4.91. The van der Waals surface area contributed by atoms with Crippen molar-refractivity contribution in [3.63, 3.8) is 0 Å². The van der Waals surface area contributed by atoms with Crippen molar-refractivity contribution >= 4 is 23.4 Å². The van der Waals surface area contributed by atoms with Crippen LogP contribution in [0, 0.1) is 0 Å². The summed E-state index contributed by atoms with van der Waals surface area (Å²) in [6.07, 6.45) is 1.53. The maximum Gasteiger partial charge on any atom is 0.335 e. The number of aromatic nitrogens is 2. The summed E-state index contributed by atoms with van der Waals surface area (Å²) in [7, 11) is 0. The number of carbonyl (C=O) groups is 3. The second-order valence-corrected chi connectivity index (χ2v) is 7.12. The Morgan fingerprint density at radius 2 is 1.44 bits per heavy atom. The number of rotatable bonds is 7. The van der Waals surface area contributed by atoms with E-state index in [0.29, 0.717) is 17.9 Å². The molecule has 2 aromatic heterocycles. The highest BCUT2D eigenvalue weighted by Gasteiger charge is 2.15. The van der Waals surface area contributed by atoms with Crippen molar-refractivity contribution in [1.82, 2.24) is 20.0 Å². The Hall–Kier alpha value is -4.46. The molecule has 0 saturated carbocycles. The second kappa shape index (κ2) is 9.13. The molecule has 0 aliphatic rings. The molecule has 8 nitrogen and oxygen atoms in total. The fourth-order valence-electron chi connectivity index (χ4n) is 3.21. The first kappa shape index (κ1) is 20.8. The van der Waals surface area contributed by atoms with Crippen LogP contribution in [0.25, 0.3) is 5.65 Å². The highest BCUT2D eigenvalue weighted by atomic mass is 16.4. The van der Waals surface area contributed by atoms with Gasteiger partial charge in [0.1, 0.15) is 17.0 Å². The molecule has 0 saturated heterocycles. The SMILES string of the molecule is O=C(O)c1ccc(CNC(=O)c2cccc3nc(C(=O)NCc4ccccc4)cn23)cc1. The molecule has 2 aromatic carbocycles. The first-order chi connectivity index (χ1) is 15.5. The molecule has 0 spiro atoms. The number of pyridine rings is 1. The predicted octanol–water partition coefficient (Wildman–Crippen LogP) is 2.89. The molecule has 0 atom stereocenters. The van der Waals surface area contributed by atoms with E-state index in [1.807, 2.05) is 30.3 Å². The van der Waals surface area contributed by atoms with Crippen molar-refractivity contribution in [2.75, 3.05) is 0 Å². The van der Waals surface area contributed by atoms with Gasteiger partial charge in [0, 0.05) is 19.3 Å². The smallest absolute Gasteiger partial charge is 0.335 e. The number of amides is 2. The van der Waals surface area contributed by atoms with Gasteiger partial charge in [0.2, 0.25) is 0 Å². The van der Waals surface area contributed by atoms with Crippen LogP contribution in [0.4, 0.5) is 0 Å². The Morgan fingerprint density at radius 1 is 0.781 bits per heavy atom. The number of carbonyl (C=O) groups excluding carboxylic acids is 2. The van der Waals surface area contributed by atoms with Gasteiger partial charge in [-0.3, -0.25) is 14.0 Å². The summed E-state index contributed by atoms with van der Waals surface area (Å²) in [5.74, 6) is -1.68. The quantitative estimate of drug-likeness (QED) is 0.419.